The fourth-order valence-electron chi connectivity index (χ4n) is 2.36. The maximum Gasteiger partial charge on any atom is 0.173 e. The normalized spacial score (nSPS) is 10.9. The maximum absolute atomic E-state index is 12.1. The van der Waals surface area contributed by atoms with Crippen molar-refractivity contribution < 1.29 is 4.79 Å². The van der Waals surface area contributed by atoms with E-state index in [2.05, 4.69) is 52.9 Å². The highest BCUT2D eigenvalue weighted by Gasteiger charge is 2.10. The molecule has 0 radical (unpaired) electrons. The minimum absolute atomic E-state index is 0.192. The SMILES string of the molecule is O=C(CI)c1cccc2ccc3ccccc3c12. The highest BCUT2D eigenvalue weighted by Crippen LogP contribution is 2.28. The van der Waals surface area contributed by atoms with Crippen LogP contribution >= 0.6 is 22.6 Å². The minimum atomic E-state index is 0.192. The van der Waals surface area contributed by atoms with Crippen LogP contribution in [0.4, 0.5) is 0 Å². The molecule has 0 saturated heterocycles. The Morgan fingerprint density at radius 2 is 1.61 bits per heavy atom. The lowest BCUT2D eigenvalue weighted by atomic mass is 9.96. The van der Waals surface area contributed by atoms with Crippen molar-refractivity contribution in [3.05, 3.63) is 60.2 Å². The second-order valence-electron chi connectivity index (χ2n) is 4.25. The Bertz CT molecular complexity index is 746. The van der Waals surface area contributed by atoms with Gasteiger partial charge in [0.05, 0.1) is 4.43 Å². The summed E-state index contributed by atoms with van der Waals surface area (Å²) >= 11 is 2.12. The molecule has 88 valence electrons. The second kappa shape index (κ2) is 4.69. The van der Waals surface area contributed by atoms with Gasteiger partial charge in [-0.2, -0.15) is 0 Å². The van der Waals surface area contributed by atoms with Crippen LogP contribution in [-0.2, 0) is 0 Å². The second-order valence-corrected chi connectivity index (χ2v) is 5.01. The van der Waals surface area contributed by atoms with Gasteiger partial charge in [-0.3, -0.25) is 4.79 Å². The van der Waals surface area contributed by atoms with Crippen LogP contribution in [0, 0.1) is 0 Å². The van der Waals surface area contributed by atoms with Crippen LogP contribution in [0.1, 0.15) is 10.4 Å². The van der Waals surface area contributed by atoms with Crippen molar-refractivity contribution in [3.8, 4) is 0 Å². The molecular weight excluding hydrogens is 335 g/mol. The molecule has 0 N–H and O–H groups in total. The number of ketones is 1. The van der Waals surface area contributed by atoms with E-state index in [4.69, 9.17) is 0 Å². The molecule has 18 heavy (non-hydrogen) atoms. The molecule has 0 saturated carbocycles. The largest absolute Gasteiger partial charge is 0.293 e. The monoisotopic (exact) mass is 346 g/mol. The van der Waals surface area contributed by atoms with E-state index < -0.39 is 0 Å². The summed E-state index contributed by atoms with van der Waals surface area (Å²) in [5.41, 5.74) is 0.832. The van der Waals surface area contributed by atoms with Gasteiger partial charge in [0, 0.05) is 10.9 Å². The van der Waals surface area contributed by atoms with Crippen LogP contribution in [0.15, 0.2) is 54.6 Å². The summed E-state index contributed by atoms with van der Waals surface area (Å²) < 4.78 is 0.514. The number of alkyl halides is 1. The molecule has 0 heterocycles. The smallest absolute Gasteiger partial charge is 0.173 e. The third-order valence-electron chi connectivity index (χ3n) is 3.19. The summed E-state index contributed by atoms with van der Waals surface area (Å²) in [5.74, 6) is 0.192. The lowest BCUT2D eigenvalue weighted by Crippen LogP contribution is -2.00. The van der Waals surface area contributed by atoms with Crippen molar-refractivity contribution >= 4 is 49.9 Å². The van der Waals surface area contributed by atoms with Gasteiger partial charge in [-0.1, -0.05) is 77.2 Å². The molecule has 0 aliphatic heterocycles. The van der Waals surface area contributed by atoms with E-state index in [9.17, 15) is 4.79 Å². The zero-order valence-electron chi connectivity index (χ0n) is 9.69. The van der Waals surface area contributed by atoms with E-state index in [1.165, 1.54) is 5.39 Å². The first-order valence-corrected chi connectivity index (χ1v) is 7.33. The Morgan fingerprint density at radius 3 is 2.44 bits per heavy atom. The predicted molar refractivity (Wildman–Crippen MR) is 84.7 cm³/mol. The highest BCUT2D eigenvalue weighted by molar-refractivity contribution is 14.1. The molecule has 3 aromatic rings. The molecule has 3 aromatic carbocycles. The van der Waals surface area contributed by atoms with Gasteiger partial charge in [0.1, 0.15) is 0 Å². The summed E-state index contributed by atoms with van der Waals surface area (Å²) in [6, 6.07) is 18.3. The molecule has 0 spiro atoms. The van der Waals surface area contributed by atoms with E-state index in [1.54, 1.807) is 0 Å². The third kappa shape index (κ3) is 1.81. The number of halogens is 1. The van der Waals surface area contributed by atoms with E-state index in [0.29, 0.717) is 4.43 Å². The van der Waals surface area contributed by atoms with Crippen LogP contribution in [0.3, 0.4) is 0 Å². The fourth-order valence-corrected chi connectivity index (χ4v) is 2.77. The molecule has 0 aromatic heterocycles. The van der Waals surface area contributed by atoms with Gasteiger partial charge in [0.2, 0.25) is 0 Å². The standard InChI is InChI=1S/C16H11IO/c17-10-15(18)14-7-3-5-12-9-8-11-4-1-2-6-13(11)16(12)14/h1-9H,10H2. The first-order valence-electron chi connectivity index (χ1n) is 5.81. The molecule has 0 amide bonds. The minimum Gasteiger partial charge on any atom is -0.293 e. The first-order chi connectivity index (χ1) is 8.81. The average molecular weight is 346 g/mol. The van der Waals surface area contributed by atoms with E-state index in [1.807, 2.05) is 24.3 Å². The average Bonchev–Trinajstić information content (AvgIpc) is 2.45. The third-order valence-corrected chi connectivity index (χ3v) is 3.88. The lowest BCUT2D eigenvalue weighted by molar-refractivity contribution is 0.102. The lowest BCUT2D eigenvalue weighted by Gasteiger charge is -2.08. The molecule has 0 aliphatic carbocycles. The molecule has 0 fully saturated rings. The van der Waals surface area contributed by atoms with Crippen molar-refractivity contribution in [2.45, 2.75) is 0 Å². The Balaban J connectivity index is 2.50. The number of benzene rings is 3. The highest BCUT2D eigenvalue weighted by atomic mass is 127. The van der Waals surface area contributed by atoms with E-state index in [0.717, 1.165) is 21.7 Å². The number of carbonyl (C=O) groups is 1. The molecular formula is C16H11IO. The molecule has 0 atom stereocenters. The number of carbonyl (C=O) groups excluding carboxylic acids is 1. The predicted octanol–water partition coefficient (Wildman–Crippen LogP) is 4.61. The van der Waals surface area contributed by atoms with Gasteiger partial charge in [-0.15, -0.1) is 0 Å². The first kappa shape index (κ1) is 11.7. The Kier molecular flexibility index (Phi) is 3.04. The van der Waals surface area contributed by atoms with Crippen molar-refractivity contribution in [2.75, 3.05) is 4.43 Å². The number of hydrogen-bond donors (Lipinski definition) is 0. The summed E-state index contributed by atoms with van der Waals surface area (Å²) in [4.78, 5) is 12.1. The summed E-state index contributed by atoms with van der Waals surface area (Å²) in [7, 11) is 0. The van der Waals surface area contributed by atoms with Gasteiger partial charge in [-0.05, 0) is 16.2 Å². The van der Waals surface area contributed by atoms with Gasteiger partial charge in [-0.25, -0.2) is 0 Å². The number of fused-ring (bicyclic) bond motifs is 3. The quantitative estimate of drug-likeness (QED) is 0.287. The zero-order chi connectivity index (χ0) is 12.5. The number of Topliss-reactive ketones (excluding diaryl/α,β-unsaturated/α-hetero) is 1. The molecule has 0 unspecified atom stereocenters. The molecule has 3 rings (SSSR count). The van der Waals surface area contributed by atoms with Crippen molar-refractivity contribution in [3.63, 3.8) is 0 Å². The Labute approximate surface area is 119 Å². The van der Waals surface area contributed by atoms with Crippen molar-refractivity contribution in [2.24, 2.45) is 0 Å². The van der Waals surface area contributed by atoms with Crippen LogP contribution in [0.2, 0.25) is 0 Å². The molecule has 0 aliphatic rings. The van der Waals surface area contributed by atoms with Gasteiger partial charge >= 0.3 is 0 Å². The summed E-state index contributed by atoms with van der Waals surface area (Å²) in [5, 5.41) is 4.55. The summed E-state index contributed by atoms with van der Waals surface area (Å²) in [6.07, 6.45) is 0. The Hall–Kier alpha value is -1.42. The molecule has 2 heteroatoms. The summed E-state index contributed by atoms with van der Waals surface area (Å²) in [6.45, 7) is 0. The van der Waals surface area contributed by atoms with Gasteiger partial charge in [0.25, 0.3) is 0 Å². The fraction of sp³-hybridized carbons (Fsp3) is 0.0625. The van der Waals surface area contributed by atoms with Crippen LogP contribution in [0.25, 0.3) is 21.5 Å². The molecule has 1 nitrogen and oxygen atoms in total. The number of rotatable bonds is 2. The molecule has 0 bridgehead atoms. The topological polar surface area (TPSA) is 17.1 Å². The van der Waals surface area contributed by atoms with Gasteiger partial charge in [0.15, 0.2) is 5.78 Å². The van der Waals surface area contributed by atoms with Crippen molar-refractivity contribution in [1.82, 2.24) is 0 Å². The maximum atomic E-state index is 12.1. The Morgan fingerprint density at radius 1 is 0.889 bits per heavy atom. The van der Waals surface area contributed by atoms with E-state index in [-0.39, 0.29) is 5.78 Å². The zero-order valence-corrected chi connectivity index (χ0v) is 11.8. The van der Waals surface area contributed by atoms with Crippen LogP contribution in [0.5, 0.6) is 0 Å². The van der Waals surface area contributed by atoms with Gasteiger partial charge < -0.3 is 0 Å². The van der Waals surface area contributed by atoms with Crippen LogP contribution in [-0.4, -0.2) is 10.2 Å². The number of hydrogen-bond acceptors (Lipinski definition) is 1. The van der Waals surface area contributed by atoms with E-state index >= 15 is 0 Å². The van der Waals surface area contributed by atoms with Crippen molar-refractivity contribution in [1.29, 1.82) is 0 Å². The van der Waals surface area contributed by atoms with Crippen LogP contribution < -0.4 is 0 Å².